The van der Waals surface area contributed by atoms with Gasteiger partial charge in [0.1, 0.15) is 11.6 Å². The van der Waals surface area contributed by atoms with E-state index in [0.29, 0.717) is 5.06 Å². The molecule has 2 rings (SSSR count). The Bertz CT molecular complexity index is 685. The summed E-state index contributed by atoms with van der Waals surface area (Å²) in [6.07, 6.45) is -0.357. The van der Waals surface area contributed by atoms with Crippen LogP contribution >= 0.6 is 0 Å². The smallest absolute Gasteiger partial charge is 1.00 e. The fourth-order valence-corrected chi connectivity index (χ4v) is 2.99. The zero-order valence-electron chi connectivity index (χ0n) is 15.9. The van der Waals surface area contributed by atoms with Crippen molar-refractivity contribution < 1.29 is 67.4 Å². The van der Waals surface area contributed by atoms with Gasteiger partial charge in [-0.1, -0.05) is 0 Å². The van der Waals surface area contributed by atoms with Crippen molar-refractivity contribution in [1.82, 2.24) is 20.8 Å². The van der Waals surface area contributed by atoms with E-state index in [2.05, 4.69) is 15.1 Å². The van der Waals surface area contributed by atoms with E-state index in [0.717, 1.165) is 4.90 Å². The first-order valence-corrected chi connectivity index (χ1v) is 8.79. The topological polar surface area (TPSA) is 155 Å². The quantitative estimate of drug-likeness (QED) is 0.251. The van der Waals surface area contributed by atoms with Gasteiger partial charge in [-0.05, 0) is 33.6 Å². The Labute approximate surface area is 174 Å². The molecule has 2 atom stereocenters. The predicted octanol–water partition coefficient (Wildman–Crippen LogP) is -3.34. The van der Waals surface area contributed by atoms with Gasteiger partial charge in [-0.2, -0.15) is 13.5 Å². The summed E-state index contributed by atoms with van der Waals surface area (Å²) in [5, 5.41) is 0.532. The summed E-state index contributed by atoms with van der Waals surface area (Å²) in [7, 11) is -4.85. The van der Waals surface area contributed by atoms with Crippen LogP contribution in [-0.2, 0) is 24.2 Å². The number of hydrogen-bond donors (Lipinski definition) is 3. The third-order valence-electron chi connectivity index (χ3n) is 3.49. The number of nitrogens with zero attached hydrogens (tertiary/aromatic N) is 2. The first kappa shape index (κ1) is 22.9. The van der Waals surface area contributed by atoms with Gasteiger partial charge >= 0.3 is 52.1 Å². The van der Waals surface area contributed by atoms with Crippen LogP contribution < -0.4 is 40.4 Å². The van der Waals surface area contributed by atoms with Crippen LogP contribution in [0.5, 0.6) is 0 Å². The van der Waals surface area contributed by atoms with Crippen LogP contribution in [0.3, 0.4) is 0 Å². The molecule has 26 heavy (non-hydrogen) atoms. The SMILES string of the molecule is CC(C)(C)OC(=O)NNC(=O)C1CCC2CN1C(=O)N2OS(=O)(=O)O.[H-].[Na+]. The van der Waals surface area contributed by atoms with Crippen LogP contribution in [0.15, 0.2) is 0 Å². The number of piperidine rings is 1. The van der Waals surface area contributed by atoms with Gasteiger partial charge < -0.3 is 11.1 Å². The van der Waals surface area contributed by atoms with Crippen molar-refractivity contribution in [1.29, 1.82) is 0 Å². The van der Waals surface area contributed by atoms with E-state index < -0.39 is 46.1 Å². The van der Waals surface area contributed by atoms with Gasteiger partial charge in [0.15, 0.2) is 0 Å². The Morgan fingerprint density at radius 3 is 2.42 bits per heavy atom. The fourth-order valence-electron chi connectivity index (χ4n) is 2.60. The van der Waals surface area contributed by atoms with Gasteiger partial charge in [-0.25, -0.2) is 15.0 Å². The molecule has 2 aliphatic heterocycles. The zero-order valence-corrected chi connectivity index (χ0v) is 17.7. The van der Waals surface area contributed by atoms with Crippen LogP contribution in [0.4, 0.5) is 9.59 Å². The fraction of sp³-hybridized carbons (Fsp3) is 0.750. The molecule has 0 aliphatic carbocycles. The molecule has 0 saturated carbocycles. The van der Waals surface area contributed by atoms with Crippen LogP contribution in [-0.4, -0.2) is 65.2 Å². The van der Waals surface area contributed by atoms with Gasteiger partial charge in [0.2, 0.25) is 0 Å². The second-order valence-electron chi connectivity index (χ2n) is 6.63. The maximum absolute atomic E-state index is 12.2. The van der Waals surface area contributed by atoms with E-state index in [9.17, 15) is 22.8 Å². The van der Waals surface area contributed by atoms with Crippen LogP contribution in [0.25, 0.3) is 0 Å². The minimum absolute atomic E-state index is 0. The molecule has 12 nitrogen and oxygen atoms in total. The van der Waals surface area contributed by atoms with Crippen molar-refractivity contribution in [3.8, 4) is 0 Å². The molecule has 0 aromatic heterocycles. The van der Waals surface area contributed by atoms with E-state index in [1.165, 1.54) is 0 Å². The number of nitrogens with one attached hydrogen (secondary N) is 2. The molecule has 0 aromatic rings. The van der Waals surface area contributed by atoms with Crippen molar-refractivity contribution in [2.24, 2.45) is 0 Å². The van der Waals surface area contributed by atoms with E-state index >= 15 is 0 Å². The van der Waals surface area contributed by atoms with E-state index in [1.807, 2.05) is 0 Å². The Kier molecular flexibility index (Phi) is 7.29. The molecule has 14 heteroatoms. The van der Waals surface area contributed by atoms with E-state index in [-0.39, 0.29) is 50.4 Å². The molecule has 3 N–H and O–H groups in total. The minimum Gasteiger partial charge on any atom is -1.00 e. The number of fused-ring (bicyclic) bond motifs is 2. The van der Waals surface area contributed by atoms with Crippen LogP contribution in [0.2, 0.25) is 0 Å². The van der Waals surface area contributed by atoms with Gasteiger partial charge in [0.25, 0.3) is 5.91 Å². The van der Waals surface area contributed by atoms with Crippen molar-refractivity contribution in [2.45, 2.75) is 51.3 Å². The van der Waals surface area contributed by atoms with Gasteiger partial charge in [-0.3, -0.25) is 14.8 Å². The summed E-state index contributed by atoms with van der Waals surface area (Å²) in [6.45, 7) is 5.02. The normalized spacial score (nSPS) is 22.5. The second-order valence-corrected chi connectivity index (χ2v) is 7.63. The molecule has 2 heterocycles. The first-order valence-electron chi connectivity index (χ1n) is 7.43. The van der Waals surface area contributed by atoms with Gasteiger partial charge in [0, 0.05) is 6.54 Å². The first-order chi connectivity index (χ1) is 11.4. The number of ether oxygens (including phenoxy) is 1. The number of rotatable bonds is 3. The summed E-state index contributed by atoms with van der Waals surface area (Å²) in [5.41, 5.74) is 3.49. The maximum Gasteiger partial charge on any atom is 1.00 e. The predicted molar refractivity (Wildman–Crippen MR) is 82.0 cm³/mol. The van der Waals surface area contributed by atoms with Crippen molar-refractivity contribution in [3.05, 3.63) is 0 Å². The van der Waals surface area contributed by atoms with Gasteiger partial charge in [0.05, 0.1) is 6.04 Å². The third-order valence-corrected chi connectivity index (χ3v) is 3.84. The average molecular weight is 404 g/mol. The van der Waals surface area contributed by atoms with E-state index in [4.69, 9.17) is 9.29 Å². The molecule has 0 aromatic carbocycles. The number of hydrogen-bond acceptors (Lipinski definition) is 7. The molecular formula is C12H21N4NaO8S. The zero-order chi connectivity index (χ0) is 19.0. The van der Waals surface area contributed by atoms with Crippen LogP contribution in [0.1, 0.15) is 35.0 Å². The molecule has 2 fully saturated rings. The molecule has 144 valence electrons. The van der Waals surface area contributed by atoms with Crippen LogP contribution in [0, 0.1) is 0 Å². The Morgan fingerprint density at radius 1 is 1.27 bits per heavy atom. The number of carbonyl (C=O) groups excluding carboxylic acids is 3. The summed E-state index contributed by atoms with van der Waals surface area (Å²) < 4.78 is 39.6. The van der Waals surface area contributed by atoms with Gasteiger partial charge in [-0.15, -0.1) is 4.28 Å². The third kappa shape index (κ3) is 5.96. The molecule has 0 spiro atoms. The van der Waals surface area contributed by atoms with E-state index in [1.54, 1.807) is 20.8 Å². The second kappa shape index (κ2) is 8.27. The Balaban J connectivity index is 0.00000338. The monoisotopic (exact) mass is 404 g/mol. The number of hydroxylamine groups is 2. The van der Waals surface area contributed by atoms with Crippen molar-refractivity contribution >= 4 is 28.4 Å². The molecular weight excluding hydrogens is 383 g/mol. The maximum atomic E-state index is 12.2. The molecule has 0 radical (unpaired) electrons. The Morgan fingerprint density at radius 2 is 1.88 bits per heavy atom. The standard InChI is InChI=1S/C12H20N4O8S.Na.H/c1-12(2,3)23-10(18)14-13-9(17)8-5-4-7-6-15(8)11(19)16(7)24-25(20,21)22;;/h7-8H,4-6H2,1-3H3,(H,13,17)(H,14,18)(H,20,21,22);;/q;+1;-1. The molecule has 2 unspecified atom stereocenters. The molecule has 4 amide bonds. The Hall–Kier alpha value is -1.12. The number of urea groups is 1. The number of carbonyl (C=O) groups is 3. The van der Waals surface area contributed by atoms with Crippen molar-refractivity contribution in [2.75, 3.05) is 6.54 Å². The average Bonchev–Trinajstić information content (AvgIpc) is 2.67. The summed E-state index contributed by atoms with van der Waals surface area (Å²) in [6, 6.07) is -2.39. The minimum atomic E-state index is -4.85. The number of hydrazine groups is 1. The van der Waals surface area contributed by atoms with Crippen molar-refractivity contribution in [3.63, 3.8) is 0 Å². The summed E-state index contributed by atoms with van der Waals surface area (Å²) in [5.74, 6) is -0.661. The number of amides is 4. The summed E-state index contributed by atoms with van der Waals surface area (Å²) >= 11 is 0. The summed E-state index contributed by atoms with van der Waals surface area (Å²) in [4.78, 5) is 37.0. The largest absolute Gasteiger partial charge is 1.00 e. The molecule has 2 aliphatic rings. The molecule has 2 bridgehead atoms. The molecule has 2 saturated heterocycles.